The van der Waals surface area contributed by atoms with Crippen molar-refractivity contribution in [3.63, 3.8) is 0 Å². The Morgan fingerprint density at radius 2 is 1.84 bits per heavy atom. The molecule has 0 saturated carbocycles. The maximum absolute atomic E-state index is 12.6. The number of amides is 1. The summed E-state index contributed by atoms with van der Waals surface area (Å²) in [6, 6.07) is 6.04. The molecule has 0 aromatic heterocycles. The van der Waals surface area contributed by atoms with Gasteiger partial charge in [0.15, 0.2) is 11.5 Å². The summed E-state index contributed by atoms with van der Waals surface area (Å²) in [6.45, 7) is 4.49. The van der Waals surface area contributed by atoms with E-state index in [2.05, 4.69) is 13.8 Å². The van der Waals surface area contributed by atoms with E-state index in [1.165, 1.54) is 6.42 Å². The van der Waals surface area contributed by atoms with Crippen molar-refractivity contribution in [1.29, 1.82) is 0 Å². The van der Waals surface area contributed by atoms with Crippen LogP contribution >= 0.6 is 0 Å². The first-order valence-corrected chi connectivity index (χ1v) is 6.89. The van der Waals surface area contributed by atoms with Crippen LogP contribution in [-0.2, 0) is 0 Å². The summed E-state index contributed by atoms with van der Waals surface area (Å²) in [5.41, 5.74) is 0.685. The molecule has 0 N–H and O–H groups in total. The van der Waals surface area contributed by atoms with Crippen LogP contribution in [0.2, 0.25) is 0 Å². The smallest absolute Gasteiger partial charge is 0.254 e. The molecule has 0 spiro atoms. The van der Waals surface area contributed by atoms with Crippen LogP contribution in [-0.4, -0.2) is 29.7 Å². The first kappa shape index (κ1) is 12.3. The summed E-state index contributed by atoms with van der Waals surface area (Å²) in [7, 11) is 0. The minimum atomic E-state index is 0.0954. The third-order valence-electron chi connectivity index (χ3n) is 4.05. The van der Waals surface area contributed by atoms with Gasteiger partial charge in [0.1, 0.15) is 0 Å². The van der Waals surface area contributed by atoms with Gasteiger partial charge in [-0.15, -0.1) is 0 Å². The first-order valence-electron chi connectivity index (χ1n) is 6.89. The van der Waals surface area contributed by atoms with Gasteiger partial charge in [-0.05, 0) is 51.3 Å². The second-order valence-corrected chi connectivity index (χ2v) is 5.41. The Labute approximate surface area is 113 Å². The highest BCUT2D eigenvalue weighted by Crippen LogP contribution is 2.33. The molecule has 1 saturated heterocycles. The number of hydrogen-bond donors (Lipinski definition) is 0. The van der Waals surface area contributed by atoms with Gasteiger partial charge in [0.25, 0.3) is 5.91 Å². The zero-order chi connectivity index (χ0) is 13.4. The van der Waals surface area contributed by atoms with Crippen molar-refractivity contribution in [2.75, 3.05) is 6.79 Å². The average Bonchev–Trinajstić information content (AvgIpc) is 2.85. The Balaban J connectivity index is 1.86. The van der Waals surface area contributed by atoms with Crippen LogP contribution in [0.15, 0.2) is 18.2 Å². The van der Waals surface area contributed by atoms with Crippen molar-refractivity contribution in [2.45, 2.75) is 45.2 Å². The normalized spacial score (nSPS) is 25.5. The van der Waals surface area contributed by atoms with Gasteiger partial charge < -0.3 is 14.4 Å². The molecule has 1 amide bonds. The van der Waals surface area contributed by atoms with E-state index in [1.807, 2.05) is 17.0 Å². The highest BCUT2D eigenvalue weighted by molar-refractivity contribution is 5.95. The molecule has 1 fully saturated rings. The third kappa shape index (κ3) is 2.15. The average molecular weight is 261 g/mol. The molecule has 0 unspecified atom stereocenters. The first-order chi connectivity index (χ1) is 9.16. The Morgan fingerprint density at radius 3 is 2.58 bits per heavy atom. The number of ether oxygens (including phenoxy) is 2. The minimum absolute atomic E-state index is 0.0954. The summed E-state index contributed by atoms with van der Waals surface area (Å²) < 4.78 is 10.6. The van der Waals surface area contributed by atoms with E-state index in [0.717, 1.165) is 18.6 Å². The Kier molecular flexibility index (Phi) is 3.09. The zero-order valence-corrected chi connectivity index (χ0v) is 11.4. The van der Waals surface area contributed by atoms with E-state index >= 15 is 0 Å². The summed E-state index contributed by atoms with van der Waals surface area (Å²) in [4.78, 5) is 14.7. The fourth-order valence-corrected chi connectivity index (χ4v) is 3.00. The standard InChI is InChI=1S/C15H19NO3/c1-10-4-3-5-11(2)16(10)15(17)12-6-7-13-14(8-12)19-9-18-13/h6-8,10-11H,3-5,9H2,1-2H3/t10-,11+. The van der Waals surface area contributed by atoms with Gasteiger partial charge >= 0.3 is 0 Å². The number of piperidine rings is 1. The molecule has 0 bridgehead atoms. The molecule has 0 radical (unpaired) electrons. The number of rotatable bonds is 1. The molecule has 4 nitrogen and oxygen atoms in total. The second-order valence-electron chi connectivity index (χ2n) is 5.41. The quantitative estimate of drug-likeness (QED) is 0.780. The molecule has 2 aliphatic rings. The Hall–Kier alpha value is -1.71. The second kappa shape index (κ2) is 4.76. The number of carbonyl (C=O) groups is 1. The number of fused-ring (bicyclic) bond motifs is 1. The number of carbonyl (C=O) groups excluding carboxylic acids is 1. The van der Waals surface area contributed by atoms with Crippen molar-refractivity contribution in [1.82, 2.24) is 4.90 Å². The molecule has 2 heterocycles. The van der Waals surface area contributed by atoms with Gasteiger partial charge in [-0.1, -0.05) is 0 Å². The molecule has 0 aliphatic carbocycles. The highest BCUT2D eigenvalue weighted by atomic mass is 16.7. The van der Waals surface area contributed by atoms with Gasteiger partial charge in [-0.3, -0.25) is 4.79 Å². The maximum Gasteiger partial charge on any atom is 0.254 e. The van der Waals surface area contributed by atoms with Gasteiger partial charge in [0.05, 0.1) is 0 Å². The van der Waals surface area contributed by atoms with Crippen LogP contribution in [0.5, 0.6) is 11.5 Å². The van der Waals surface area contributed by atoms with Crippen molar-refractivity contribution in [2.24, 2.45) is 0 Å². The minimum Gasteiger partial charge on any atom is -0.454 e. The van der Waals surface area contributed by atoms with E-state index in [-0.39, 0.29) is 12.7 Å². The summed E-state index contributed by atoms with van der Waals surface area (Å²) >= 11 is 0. The SMILES string of the molecule is C[C@@H]1CCC[C@H](C)N1C(=O)c1ccc2c(c1)OCO2. The van der Waals surface area contributed by atoms with E-state index in [0.29, 0.717) is 23.4 Å². The zero-order valence-electron chi connectivity index (χ0n) is 11.4. The van der Waals surface area contributed by atoms with Gasteiger partial charge in [-0.25, -0.2) is 0 Å². The number of benzene rings is 1. The van der Waals surface area contributed by atoms with Crippen LogP contribution in [0, 0.1) is 0 Å². The Morgan fingerprint density at radius 1 is 1.16 bits per heavy atom. The molecule has 102 valence electrons. The molecule has 1 aromatic carbocycles. The molecule has 2 atom stereocenters. The van der Waals surface area contributed by atoms with E-state index < -0.39 is 0 Å². The molecular weight excluding hydrogens is 242 g/mol. The summed E-state index contributed by atoms with van der Waals surface area (Å²) in [6.07, 6.45) is 3.37. The predicted molar refractivity (Wildman–Crippen MR) is 71.5 cm³/mol. The van der Waals surface area contributed by atoms with E-state index in [4.69, 9.17) is 9.47 Å². The number of nitrogens with zero attached hydrogens (tertiary/aromatic N) is 1. The van der Waals surface area contributed by atoms with Crippen LogP contribution in [0.1, 0.15) is 43.5 Å². The van der Waals surface area contributed by atoms with Gasteiger partial charge in [-0.2, -0.15) is 0 Å². The summed E-state index contributed by atoms with van der Waals surface area (Å²) in [5.74, 6) is 1.48. The predicted octanol–water partition coefficient (Wildman–Crippen LogP) is 2.82. The van der Waals surface area contributed by atoms with Crippen LogP contribution in [0.4, 0.5) is 0 Å². The van der Waals surface area contributed by atoms with Crippen LogP contribution in [0.25, 0.3) is 0 Å². The lowest BCUT2D eigenvalue weighted by Crippen LogP contribution is -2.47. The van der Waals surface area contributed by atoms with E-state index in [1.54, 1.807) is 6.07 Å². The largest absolute Gasteiger partial charge is 0.454 e. The molecular formula is C15H19NO3. The lowest BCUT2D eigenvalue weighted by atomic mass is 9.96. The summed E-state index contributed by atoms with van der Waals surface area (Å²) in [5, 5.41) is 0. The third-order valence-corrected chi connectivity index (χ3v) is 4.05. The topological polar surface area (TPSA) is 38.8 Å². The monoisotopic (exact) mass is 261 g/mol. The van der Waals surface area contributed by atoms with Crippen molar-refractivity contribution in [3.8, 4) is 11.5 Å². The molecule has 1 aromatic rings. The Bertz CT molecular complexity index is 490. The maximum atomic E-state index is 12.6. The van der Waals surface area contributed by atoms with Gasteiger partial charge in [0, 0.05) is 17.6 Å². The number of likely N-dealkylation sites (tertiary alicyclic amines) is 1. The van der Waals surface area contributed by atoms with Gasteiger partial charge in [0.2, 0.25) is 6.79 Å². The lowest BCUT2D eigenvalue weighted by Gasteiger charge is -2.39. The fraction of sp³-hybridized carbons (Fsp3) is 0.533. The van der Waals surface area contributed by atoms with Crippen molar-refractivity contribution >= 4 is 5.91 Å². The molecule has 2 aliphatic heterocycles. The van der Waals surface area contributed by atoms with Crippen molar-refractivity contribution < 1.29 is 14.3 Å². The van der Waals surface area contributed by atoms with Crippen LogP contribution in [0.3, 0.4) is 0 Å². The molecule has 4 heteroatoms. The van der Waals surface area contributed by atoms with E-state index in [9.17, 15) is 4.79 Å². The molecule has 19 heavy (non-hydrogen) atoms. The van der Waals surface area contributed by atoms with Crippen LogP contribution < -0.4 is 9.47 Å². The van der Waals surface area contributed by atoms with Crippen molar-refractivity contribution in [3.05, 3.63) is 23.8 Å². The number of hydrogen-bond acceptors (Lipinski definition) is 3. The fourth-order valence-electron chi connectivity index (χ4n) is 3.00. The lowest BCUT2D eigenvalue weighted by molar-refractivity contribution is 0.0510. The molecule has 3 rings (SSSR count). The highest BCUT2D eigenvalue weighted by Gasteiger charge is 2.30.